The third-order valence-electron chi connectivity index (χ3n) is 3.22. The van der Waals surface area contributed by atoms with Crippen LogP contribution in [0, 0.1) is 5.82 Å². The Morgan fingerprint density at radius 2 is 2.05 bits per heavy atom. The molecule has 0 spiro atoms. The second kappa shape index (κ2) is 5.36. The maximum Gasteiger partial charge on any atom is 0.247 e. The lowest BCUT2D eigenvalue weighted by molar-refractivity contribution is 0.376. The molecule has 2 rings (SSSR count). The van der Waals surface area contributed by atoms with Gasteiger partial charge in [0.2, 0.25) is 10.0 Å². The summed E-state index contributed by atoms with van der Waals surface area (Å²) in [6.45, 7) is 3.64. The molecule has 1 aromatic rings. The highest BCUT2D eigenvalue weighted by Crippen LogP contribution is 2.30. The van der Waals surface area contributed by atoms with E-state index in [4.69, 9.17) is 11.6 Å². The van der Waals surface area contributed by atoms with Crippen LogP contribution in [-0.4, -0.2) is 40.5 Å². The van der Waals surface area contributed by atoms with Crippen LogP contribution >= 0.6 is 11.6 Å². The first-order chi connectivity index (χ1) is 9.16. The van der Waals surface area contributed by atoms with Gasteiger partial charge in [-0.25, -0.2) is 12.8 Å². The van der Waals surface area contributed by atoms with Crippen LogP contribution in [-0.2, 0) is 20.8 Å². The maximum atomic E-state index is 13.8. The van der Waals surface area contributed by atoms with Crippen molar-refractivity contribution in [2.24, 2.45) is 0 Å². The molecular formula is C12H15ClFNO3S2. The van der Waals surface area contributed by atoms with Crippen LogP contribution in [0.5, 0.6) is 0 Å². The molecule has 0 unspecified atom stereocenters. The second-order valence-corrected chi connectivity index (χ2v) is 9.69. The van der Waals surface area contributed by atoms with Gasteiger partial charge >= 0.3 is 0 Å². The molecule has 0 aliphatic carbocycles. The molecule has 1 fully saturated rings. The first kappa shape index (κ1) is 15.9. The Bertz CT molecular complexity index is 640. The summed E-state index contributed by atoms with van der Waals surface area (Å²) in [4.78, 5) is -0.509. The summed E-state index contributed by atoms with van der Waals surface area (Å²) in [5.41, 5.74) is 0. The first-order valence-electron chi connectivity index (χ1n) is 5.99. The zero-order valence-corrected chi connectivity index (χ0v) is 13.5. The Hall–Kier alpha value is -0.500. The molecule has 0 aromatic heterocycles. The molecule has 1 aliphatic rings. The van der Waals surface area contributed by atoms with Crippen LogP contribution in [0.3, 0.4) is 0 Å². The average molecular weight is 340 g/mol. The van der Waals surface area contributed by atoms with Gasteiger partial charge in [0, 0.05) is 29.6 Å². The largest absolute Gasteiger partial charge is 0.259 e. The SMILES string of the molecule is CC1(C)CN(S(=O)(=O)c2c(F)cccc2Cl)CC[S@]1=O. The predicted octanol–water partition coefficient (Wildman–Crippen LogP) is 2.01. The first-order valence-corrected chi connectivity index (χ1v) is 9.12. The summed E-state index contributed by atoms with van der Waals surface area (Å²) in [5, 5.41) is -0.144. The summed E-state index contributed by atoms with van der Waals surface area (Å²) in [5.74, 6) is -0.639. The van der Waals surface area contributed by atoms with Crippen molar-refractivity contribution in [3.8, 4) is 0 Å². The molecule has 0 radical (unpaired) electrons. The van der Waals surface area contributed by atoms with Gasteiger partial charge in [-0.05, 0) is 26.0 Å². The average Bonchev–Trinajstić information content (AvgIpc) is 2.32. The molecule has 8 heteroatoms. The molecule has 1 heterocycles. The van der Waals surface area contributed by atoms with E-state index in [0.29, 0.717) is 0 Å². The van der Waals surface area contributed by atoms with Gasteiger partial charge < -0.3 is 0 Å². The van der Waals surface area contributed by atoms with Gasteiger partial charge in [0.15, 0.2) is 0 Å². The highest BCUT2D eigenvalue weighted by atomic mass is 35.5. The van der Waals surface area contributed by atoms with Crippen molar-refractivity contribution in [2.45, 2.75) is 23.5 Å². The number of hydrogen-bond acceptors (Lipinski definition) is 3. The maximum absolute atomic E-state index is 13.8. The Balaban J connectivity index is 2.44. The van der Waals surface area contributed by atoms with Crippen molar-refractivity contribution >= 4 is 32.4 Å². The number of rotatable bonds is 2. The van der Waals surface area contributed by atoms with Crippen molar-refractivity contribution in [3.63, 3.8) is 0 Å². The number of halogens is 2. The highest BCUT2D eigenvalue weighted by molar-refractivity contribution is 7.90. The number of nitrogens with zero attached hydrogens (tertiary/aromatic N) is 1. The van der Waals surface area contributed by atoms with Gasteiger partial charge in [0.25, 0.3) is 0 Å². The molecular weight excluding hydrogens is 325 g/mol. The smallest absolute Gasteiger partial charge is 0.247 e. The van der Waals surface area contributed by atoms with E-state index in [2.05, 4.69) is 0 Å². The van der Waals surface area contributed by atoms with Crippen LogP contribution in [0.25, 0.3) is 0 Å². The molecule has 0 N–H and O–H groups in total. The minimum absolute atomic E-state index is 0.0760. The fourth-order valence-electron chi connectivity index (χ4n) is 2.10. The summed E-state index contributed by atoms with van der Waals surface area (Å²) in [6, 6.07) is 3.75. The molecule has 1 aliphatic heterocycles. The van der Waals surface area contributed by atoms with Gasteiger partial charge in [-0.2, -0.15) is 4.31 Å². The van der Waals surface area contributed by atoms with E-state index in [1.165, 1.54) is 12.1 Å². The molecule has 1 saturated heterocycles. The molecule has 1 aromatic carbocycles. The minimum Gasteiger partial charge on any atom is -0.259 e. The molecule has 20 heavy (non-hydrogen) atoms. The van der Waals surface area contributed by atoms with Crippen molar-refractivity contribution in [3.05, 3.63) is 29.0 Å². The summed E-state index contributed by atoms with van der Waals surface area (Å²) in [7, 11) is -5.13. The van der Waals surface area contributed by atoms with E-state index in [-0.39, 0.29) is 23.9 Å². The van der Waals surface area contributed by atoms with E-state index in [1.54, 1.807) is 13.8 Å². The molecule has 0 bridgehead atoms. The molecule has 0 amide bonds. The molecule has 112 valence electrons. The lowest BCUT2D eigenvalue weighted by Crippen LogP contribution is -2.52. The van der Waals surface area contributed by atoms with Crippen LogP contribution in [0.4, 0.5) is 4.39 Å². The third kappa shape index (κ3) is 2.77. The second-order valence-electron chi connectivity index (χ2n) is 5.20. The normalized spacial score (nSPS) is 23.7. The van der Waals surface area contributed by atoms with Gasteiger partial charge in [-0.15, -0.1) is 0 Å². The minimum atomic E-state index is -4.03. The van der Waals surface area contributed by atoms with Crippen molar-refractivity contribution in [1.29, 1.82) is 0 Å². The van der Waals surface area contributed by atoms with Crippen molar-refractivity contribution < 1.29 is 17.0 Å². The number of benzene rings is 1. The topological polar surface area (TPSA) is 54.5 Å². The van der Waals surface area contributed by atoms with Crippen LogP contribution in [0.2, 0.25) is 5.02 Å². The van der Waals surface area contributed by atoms with Gasteiger partial charge in [-0.1, -0.05) is 17.7 Å². The molecule has 1 atom stereocenters. The fraction of sp³-hybridized carbons (Fsp3) is 0.500. The van der Waals surface area contributed by atoms with Crippen molar-refractivity contribution in [1.82, 2.24) is 4.31 Å². The van der Waals surface area contributed by atoms with E-state index in [1.807, 2.05) is 0 Å². The van der Waals surface area contributed by atoms with E-state index in [9.17, 15) is 17.0 Å². The Kier molecular flexibility index (Phi) is 4.26. The zero-order chi connectivity index (χ0) is 15.1. The highest BCUT2D eigenvalue weighted by Gasteiger charge is 2.40. The zero-order valence-electron chi connectivity index (χ0n) is 11.1. The Morgan fingerprint density at radius 1 is 1.40 bits per heavy atom. The third-order valence-corrected chi connectivity index (χ3v) is 7.48. The van der Waals surface area contributed by atoms with Crippen LogP contribution in [0.15, 0.2) is 23.1 Å². The molecule has 4 nitrogen and oxygen atoms in total. The Morgan fingerprint density at radius 3 is 2.60 bits per heavy atom. The quantitative estimate of drug-likeness (QED) is 0.828. The number of sulfonamides is 1. The van der Waals surface area contributed by atoms with Gasteiger partial charge in [0.05, 0.1) is 9.77 Å². The fourth-order valence-corrected chi connectivity index (χ4v) is 5.70. The summed E-state index contributed by atoms with van der Waals surface area (Å²) >= 11 is 5.83. The van der Waals surface area contributed by atoms with Crippen molar-refractivity contribution in [2.75, 3.05) is 18.8 Å². The standard InChI is InChI=1S/C12H15ClFNO3S2/c1-12(2)8-15(6-7-19(12)16)20(17,18)11-9(13)4-3-5-10(11)14/h3-5H,6-8H2,1-2H3/t19-/m1/s1. The van der Waals surface area contributed by atoms with Crippen LogP contribution < -0.4 is 0 Å². The van der Waals surface area contributed by atoms with E-state index >= 15 is 0 Å². The van der Waals surface area contributed by atoms with E-state index < -0.39 is 36.3 Å². The lowest BCUT2D eigenvalue weighted by atomic mass is 10.2. The summed E-state index contributed by atoms with van der Waals surface area (Å²) in [6.07, 6.45) is 0. The lowest BCUT2D eigenvalue weighted by Gasteiger charge is -2.36. The van der Waals surface area contributed by atoms with E-state index in [0.717, 1.165) is 10.4 Å². The molecule has 0 saturated carbocycles. The van der Waals surface area contributed by atoms with Crippen LogP contribution in [0.1, 0.15) is 13.8 Å². The summed E-state index contributed by atoms with van der Waals surface area (Å²) < 4.78 is 51.2. The monoisotopic (exact) mass is 339 g/mol. The predicted molar refractivity (Wildman–Crippen MR) is 77.3 cm³/mol. The Labute approximate surface area is 125 Å². The number of hydrogen-bond donors (Lipinski definition) is 0. The van der Waals surface area contributed by atoms with Gasteiger partial charge in [-0.3, -0.25) is 4.21 Å². The van der Waals surface area contributed by atoms with Gasteiger partial charge in [0.1, 0.15) is 10.7 Å².